The number of halogens is 2. The van der Waals surface area contributed by atoms with Gasteiger partial charge in [0.25, 0.3) is 0 Å². The first-order valence-electron chi connectivity index (χ1n) is 4.73. The molecule has 1 aromatic carbocycles. The summed E-state index contributed by atoms with van der Waals surface area (Å²) in [5.41, 5.74) is 0.533. The number of hydrogen-bond acceptors (Lipinski definition) is 2. The Morgan fingerprint density at radius 2 is 1.69 bits per heavy atom. The molecule has 0 radical (unpaired) electrons. The largest absolute Gasteiger partial charge is 0.326 e. The third-order valence-electron chi connectivity index (χ3n) is 1.85. The van der Waals surface area contributed by atoms with Crippen LogP contribution in [0.3, 0.4) is 0 Å². The van der Waals surface area contributed by atoms with Crippen LogP contribution in [0.4, 0.5) is 5.69 Å². The van der Waals surface area contributed by atoms with Crippen LogP contribution >= 0.6 is 23.2 Å². The summed E-state index contributed by atoms with van der Waals surface area (Å²) in [6.07, 6.45) is 0.402. The zero-order valence-corrected chi connectivity index (χ0v) is 10.2. The van der Waals surface area contributed by atoms with Crippen molar-refractivity contribution in [2.24, 2.45) is 0 Å². The van der Waals surface area contributed by atoms with Gasteiger partial charge in [0.2, 0.25) is 5.91 Å². The van der Waals surface area contributed by atoms with Crippen LogP contribution in [0.2, 0.25) is 10.0 Å². The number of Topliss-reactive ketones (excluding diaryl/α,β-unsaturated/α-hetero) is 1. The molecule has 0 aromatic heterocycles. The molecular formula is C11H11Cl2NO2. The molecule has 86 valence electrons. The summed E-state index contributed by atoms with van der Waals surface area (Å²) < 4.78 is 0. The molecule has 0 bridgehead atoms. The van der Waals surface area contributed by atoms with Crippen molar-refractivity contribution in [2.75, 3.05) is 5.32 Å². The van der Waals surface area contributed by atoms with E-state index in [-0.39, 0.29) is 24.5 Å². The second-order valence-electron chi connectivity index (χ2n) is 3.41. The Morgan fingerprint density at radius 3 is 2.19 bits per heavy atom. The van der Waals surface area contributed by atoms with Crippen LogP contribution in [-0.4, -0.2) is 11.7 Å². The van der Waals surface area contributed by atoms with E-state index in [0.29, 0.717) is 15.7 Å². The number of anilines is 1. The van der Waals surface area contributed by atoms with Crippen molar-refractivity contribution < 1.29 is 9.59 Å². The topological polar surface area (TPSA) is 46.2 Å². The van der Waals surface area contributed by atoms with E-state index in [2.05, 4.69) is 5.32 Å². The Hall–Kier alpha value is -1.06. The highest BCUT2D eigenvalue weighted by Crippen LogP contribution is 2.22. The molecule has 0 unspecified atom stereocenters. The van der Waals surface area contributed by atoms with Gasteiger partial charge in [-0.25, -0.2) is 0 Å². The molecular weight excluding hydrogens is 249 g/mol. The smallest absolute Gasteiger partial charge is 0.224 e. The molecule has 0 saturated heterocycles. The summed E-state index contributed by atoms with van der Waals surface area (Å²) in [6, 6.07) is 4.77. The van der Waals surface area contributed by atoms with Gasteiger partial charge >= 0.3 is 0 Å². The number of carbonyl (C=O) groups excluding carboxylic acids is 2. The molecule has 1 aromatic rings. The Labute approximate surface area is 104 Å². The third-order valence-corrected chi connectivity index (χ3v) is 2.29. The molecule has 5 heteroatoms. The molecule has 1 amide bonds. The fourth-order valence-electron chi connectivity index (χ4n) is 1.14. The van der Waals surface area contributed by atoms with Crippen LogP contribution in [0.1, 0.15) is 19.8 Å². The van der Waals surface area contributed by atoms with Crippen LogP contribution in [0.15, 0.2) is 18.2 Å². The highest BCUT2D eigenvalue weighted by molar-refractivity contribution is 6.35. The Balaban J connectivity index is 2.59. The van der Waals surface area contributed by atoms with Crippen molar-refractivity contribution >= 4 is 40.6 Å². The van der Waals surface area contributed by atoms with Crippen molar-refractivity contribution in [3.8, 4) is 0 Å². The quantitative estimate of drug-likeness (QED) is 0.902. The van der Waals surface area contributed by atoms with Crippen molar-refractivity contribution in [1.29, 1.82) is 0 Å². The van der Waals surface area contributed by atoms with Gasteiger partial charge < -0.3 is 10.1 Å². The van der Waals surface area contributed by atoms with Crippen LogP contribution in [0.5, 0.6) is 0 Å². The van der Waals surface area contributed by atoms with Gasteiger partial charge in [-0.15, -0.1) is 0 Å². The number of amides is 1. The minimum absolute atomic E-state index is 0.0146. The van der Waals surface area contributed by atoms with Crippen molar-refractivity contribution in [2.45, 2.75) is 19.8 Å². The van der Waals surface area contributed by atoms with Gasteiger partial charge in [0.15, 0.2) is 0 Å². The Kier molecular flexibility index (Phi) is 4.77. The normalized spacial score (nSPS) is 9.94. The van der Waals surface area contributed by atoms with Crippen LogP contribution in [0, 0.1) is 0 Å². The molecule has 0 aliphatic rings. The lowest BCUT2D eigenvalue weighted by atomic mass is 10.2. The maximum absolute atomic E-state index is 11.4. The van der Waals surface area contributed by atoms with E-state index in [1.807, 2.05) is 0 Å². The SMILES string of the molecule is CC(=O)CCC(=O)Nc1cc(Cl)cc(Cl)c1. The van der Waals surface area contributed by atoms with E-state index in [4.69, 9.17) is 23.2 Å². The Morgan fingerprint density at radius 1 is 1.12 bits per heavy atom. The molecule has 1 rings (SSSR count). The van der Waals surface area contributed by atoms with Gasteiger partial charge in [-0.2, -0.15) is 0 Å². The molecule has 3 nitrogen and oxygen atoms in total. The zero-order valence-electron chi connectivity index (χ0n) is 8.72. The number of carbonyl (C=O) groups is 2. The molecule has 0 fully saturated rings. The standard InChI is InChI=1S/C11H11Cl2NO2/c1-7(15)2-3-11(16)14-10-5-8(12)4-9(13)6-10/h4-6H,2-3H2,1H3,(H,14,16). The predicted octanol–water partition coefficient (Wildman–Crippen LogP) is 3.30. The summed E-state index contributed by atoms with van der Waals surface area (Å²) in [6.45, 7) is 1.45. The zero-order chi connectivity index (χ0) is 12.1. The monoisotopic (exact) mass is 259 g/mol. The summed E-state index contributed by atoms with van der Waals surface area (Å²) in [4.78, 5) is 22.1. The molecule has 0 atom stereocenters. The van der Waals surface area contributed by atoms with Gasteiger partial charge in [0.1, 0.15) is 5.78 Å². The molecule has 16 heavy (non-hydrogen) atoms. The van der Waals surface area contributed by atoms with Crippen LogP contribution in [0.25, 0.3) is 0 Å². The predicted molar refractivity (Wildman–Crippen MR) is 65.0 cm³/mol. The first-order chi connectivity index (χ1) is 7.47. The lowest BCUT2D eigenvalue weighted by Crippen LogP contribution is -2.12. The van der Waals surface area contributed by atoms with Gasteiger partial charge in [-0.3, -0.25) is 4.79 Å². The molecule has 0 aliphatic carbocycles. The van der Waals surface area contributed by atoms with E-state index in [9.17, 15) is 9.59 Å². The van der Waals surface area contributed by atoms with Crippen molar-refractivity contribution in [3.63, 3.8) is 0 Å². The highest BCUT2D eigenvalue weighted by Gasteiger charge is 2.05. The fraction of sp³-hybridized carbons (Fsp3) is 0.273. The lowest BCUT2D eigenvalue weighted by Gasteiger charge is -2.05. The highest BCUT2D eigenvalue weighted by atomic mass is 35.5. The van der Waals surface area contributed by atoms with E-state index >= 15 is 0 Å². The van der Waals surface area contributed by atoms with Gasteiger partial charge in [-0.05, 0) is 25.1 Å². The van der Waals surface area contributed by atoms with Crippen LogP contribution < -0.4 is 5.32 Å². The molecule has 0 heterocycles. The van der Waals surface area contributed by atoms with E-state index in [0.717, 1.165) is 0 Å². The summed E-state index contributed by atoms with van der Waals surface area (Å²) in [5.74, 6) is -0.243. The third kappa shape index (κ3) is 4.64. The van der Waals surface area contributed by atoms with Crippen molar-refractivity contribution in [3.05, 3.63) is 28.2 Å². The van der Waals surface area contributed by atoms with Gasteiger partial charge in [0.05, 0.1) is 0 Å². The van der Waals surface area contributed by atoms with Crippen molar-refractivity contribution in [1.82, 2.24) is 0 Å². The molecule has 1 N–H and O–H groups in total. The van der Waals surface area contributed by atoms with E-state index < -0.39 is 0 Å². The first kappa shape index (κ1) is 13.0. The second-order valence-corrected chi connectivity index (χ2v) is 4.28. The van der Waals surface area contributed by atoms with Gasteiger partial charge in [0, 0.05) is 28.6 Å². The Bertz CT molecular complexity index is 398. The maximum Gasteiger partial charge on any atom is 0.224 e. The first-order valence-corrected chi connectivity index (χ1v) is 5.48. The van der Waals surface area contributed by atoms with Gasteiger partial charge in [-0.1, -0.05) is 23.2 Å². The van der Waals surface area contributed by atoms with Crippen LogP contribution in [-0.2, 0) is 9.59 Å². The molecule has 0 saturated carbocycles. The number of benzene rings is 1. The fourth-order valence-corrected chi connectivity index (χ4v) is 1.67. The van der Waals surface area contributed by atoms with E-state index in [1.165, 1.54) is 6.92 Å². The number of ketones is 1. The average molecular weight is 260 g/mol. The van der Waals surface area contributed by atoms with E-state index in [1.54, 1.807) is 18.2 Å². The second kappa shape index (κ2) is 5.87. The number of rotatable bonds is 4. The summed E-state index contributed by atoms with van der Waals surface area (Å²) >= 11 is 11.5. The summed E-state index contributed by atoms with van der Waals surface area (Å²) in [7, 11) is 0. The average Bonchev–Trinajstić information content (AvgIpc) is 2.12. The minimum Gasteiger partial charge on any atom is -0.326 e. The lowest BCUT2D eigenvalue weighted by molar-refractivity contribution is -0.121. The molecule has 0 aliphatic heterocycles. The summed E-state index contributed by atoms with van der Waals surface area (Å²) in [5, 5.41) is 3.53. The molecule has 0 spiro atoms. The number of nitrogens with one attached hydrogen (secondary N) is 1. The maximum atomic E-state index is 11.4. The minimum atomic E-state index is -0.228. The number of hydrogen-bond donors (Lipinski definition) is 1.